The molecular formula is C15H26N2O. The van der Waals surface area contributed by atoms with Crippen LogP contribution in [0, 0.1) is 19.8 Å². The minimum atomic E-state index is 0.170. The highest BCUT2D eigenvalue weighted by Gasteiger charge is 2.13. The van der Waals surface area contributed by atoms with Gasteiger partial charge in [0.25, 0.3) is 0 Å². The van der Waals surface area contributed by atoms with Gasteiger partial charge in [0.1, 0.15) is 0 Å². The van der Waals surface area contributed by atoms with E-state index < -0.39 is 0 Å². The lowest BCUT2D eigenvalue weighted by molar-refractivity contribution is -0.125. The van der Waals surface area contributed by atoms with E-state index in [4.69, 9.17) is 0 Å². The number of nitrogens with one attached hydrogen (secondary N) is 1. The number of hydrogen-bond donors (Lipinski definition) is 1. The van der Waals surface area contributed by atoms with Crippen LogP contribution >= 0.6 is 0 Å². The minimum absolute atomic E-state index is 0.170. The van der Waals surface area contributed by atoms with Crippen molar-refractivity contribution in [1.29, 1.82) is 0 Å². The Kier molecular flexibility index (Phi) is 5.45. The highest BCUT2D eigenvalue weighted by molar-refractivity contribution is 5.78. The molecule has 0 aromatic carbocycles. The molecule has 0 radical (unpaired) electrons. The Morgan fingerprint density at radius 3 is 2.39 bits per heavy atom. The third-order valence-corrected chi connectivity index (χ3v) is 3.93. The van der Waals surface area contributed by atoms with Gasteiger partial charge in [0.2, 0.25) is 5.91 Å². The molecule has 0 fully saturated rings. The lowest BCUT2D eigenvalue weighted by Gasteiger charge is -2.12. The van der Waals surface area contributed by atoms with Crippen molar-refractivity contribution in [2.24, 2.45) is 13.0 Å². The van der Waals surface area contributed by atoms with E-state index in [9.17, 15) is 4.79 Å². The van der Waals surface area contributed by atoms with Crippen molar-refractivity contribution in [3.63, 3.8) is 0 Å². The van der Waals surface area contributed by atoms with Gasteiger partial charge in [-0.15, -0.1) is 0 Å². The molecule has 3 nitrogen and oxygen atoms in total. The molecule has 0 aliphatic heterocycles. The van der Waals surface area contributed by atoms with E-state index >= 15 is 0 Å². The number of carbonyl (C=O) groups is 1. The summed E-state index contributed by atoms with van der Waals surface area (Å²) in [5.41, 5.74) is 3.90. The summed E-state index contributed by atoms with van der Waals surface area (Å²) in [6.45, 7) is 9.11. The molecule has 0 atom stereocenters. The van der Waals surface area contributed by atoms with E-state index in [1.54, 1.807) is 0 Å². The first-order valence-electron chi connectivity index (χ1n) is 6.90. The highest BCUT2D eigenvalue weighted by Crippen LogP contribution is 2.13. The van der Waals surface area contributed by atoms with Crippen LogP contribution in [0.15, 0.2) is 6.07 Å². The topological polar surface area (TPSA) is 34.0 Å². The first-order chi connectivity index (χ1) is 8.51. The number of hydrogen-bond acceptors (Lipinski definition) is 1. The number of rotatable bonds is 6. The zero-order valence-electron chi connectivity index (χ0n) is 12.3. The van der Waals surface area contributed by atoms with Crippen molar-refractivity contribution < 1.29 is 4.79 Å². The number of carbonyl (C=O) groups excluding carboxylic acids is 1. The maximum Gasteiger partial charge on any atom is 0.223 e. The molecule has 0 bridgehead atoms. The van der Waals surface area contributed by atoms with Crippen molar-refractivity contribution in [3.05, 3.63) is 23.0 Å². The van der Waals surface area contributed by atoms with E-state index in [2.05, 4.69) is 50.7 Å². The molecule has 1 heterocycles. The molecule has 0 saturated heterocycles. The van der Waals surface area contributed by atoms with Crippen LogP contribution in [0.2, 0.25) is 0 Å². The quantitative estimate of drug-likeness (QED) is 0.827. The van der Waals surface area contributed by atoms with E-state index in [1.165, 1.54) is 17.0 Å². The largest absolute Gasteiger partial charge is 0.356 e. The van der Waals surface area contributed by atoms with Crippen LogP contribution in [0.3, 0.4) is 0 Å². The van der Waals surface area contributed by atoms with Crippen LogP contribution < -0.4 is 5.32 Å². The predicted octanol–water partition coefficient (Wildman–Crippen LogP) is 2.74. The second-order valence-corrected chi connectivity index (χ2v) is 5.01. The van der Waals surface area contributed by atoms with E-state index in [-0.39, 0.29) is 11.8 Å². The molecule has 0 spiro atoms. The first-order valence-corrected chi connectivity index (χ1v) is 6.90. The van der Waals surface area contributed by atoms with Gasteiger partial charge in [-0.05, 0) is 44.7 Å². The lowest BCUT2D eigenvalue weighted by atomic mass is 10.0. The molecule has 1 amide bonds. The molecule has 0 unspecified atom stereocenters. The summed E-state index contributed by atoms with van der Waals surface area (Å²) in [6.07, 6.45) is 2.76. The second-order valence-electron chi connectivity index (χ2n) is 5.01. The van der Waals surface area contributed by atoms with Gasteiger partial charge in [-0.2, -0.15) is 0 Å². The van der Waals surface area contributed by atoms with Crippen molar-refractivity contribution in [3.8, 4) is 0 Å². The summed E-state index contributed by atoms with van der Waals surface area (Å²) in [7, 11) is 2.08. The Morgan fingerprint density at radius 1 is 1.33 bits per heavy atom. The van der Waals surface area contributed by atoms with E-state index in [0.717, 1.165) is 25.8 Å². The molecule has 0 saturated carbocycles. The fourth-order valence-electron chi connectivity index (χ4n) is 2.31. The van der Waals surface area contributed by atoms with Gasteiger partial charge in [0, 0.05) is 30.9 Å². The fourth-order valence-corrected chi connectivity index (χ4v) is 2.31. The molecule has 0 aliphatic rings. The molecule has 1 rings (SSSR count). The van der Waals surface area contributed by atoms with Gasteiger partial charge < -0.3 is 9.88 Å². The van der Waals surface area contributed by atoms with Crippen LogP contribution in [0.25, 0.3) is 0 Å². The van der Waals surface area contributed by atoms with Crippen LogP contribution in [-0.4, -0.2) is 17.0 Å². The van der Waals surface area contributed by atoms with Crippen LogP contribution in [0.5, 0.6) is 0 Å². The maximum atomic E-state index is 11.8. The summed E-state index contributed by atoms with van der Waals surface area (Å²) in [4.78, 5) is 11.8. The number of aryl methyl sites for hydroxylation is 1. The maximum absolute atomic E-state index is 11.8. The summed E-state index contributed by atoms with van der Waals surface area (Å²) in [5.74, 6) is 0.369. The van der Waals surface area contributed by atoms with Crippen LogP contribution in [0.1, 0.15) is 43.6 Å². The van der Waals surface area contributed by atoms with Gasteiger partial charge in [0.05, 0.1) is 0 Å². The van der Waals surface area contributed by atoms with Gasteiger partial charge >= 0.3 is 0 Å². The Morgan fingerprint density at radius 2 is 1.94 bits per heavy atom. The lowest BCUT2D eigenvalue weighted by Crippen LogP contribution is -2.31. The average Bonchev–Trinajstić information content (AvgIpc) is 2.59. The van der Waals surface area contributed by atoms with Gasteiger partial charge in [-0.25, -0.2) is 0 Å². The van der Waals surface area contributed by atoms with Crippen LogP contribution in [-0.2, 0) is 18.3 Å². The Labute approximate surface area is 111 Å². The monoisotopic (exact) mass is 250 g/mol. The van der Waals surface area contributed by atoms with Crippen molar-refractivity contribution in [2.45, 2.75) is 47.0 Å². The second kappa shape index (κ2) is 6.62. The Balaban J connectivity index is 2.47. The SMILES string of the molecule is CCC(CC)C(=O)NCCc1cc(C)n(C)c1C. The summed E-state index contributed by atoms with van der Waals surface area (Å²) in [5, 5.41) is 3.04. The molecule has 1 aromatic heterocycles. The molecular weight excluding hydrogens is 224 g/mol. The predicted molar refractivity (Wildman–Crippen MR) is 75.7 cm³/mol. The summed E-state index contributed by atoms with van der Waals surface area (Å²) in [6, 6.07) is 2.21. The van der Waals surface area contributed by atoms with Crippen LogP contribution in [0.4, 0.5) is 0 Å². The zero-order chi connectivity index (χ0) is 13.7. The standard InChI is InChI=1S/C15H26N2O/c1-6-13(7-2)15(18)16-9-8-14-10-11(3)17(5)12(14)4/h10,13H,6-9H2,1-5H3,(H,16,18). The molecule has 1 aromatic rings. The minimum Gasteiger partial charge on any atom is -0.356 e. The smallest absolute Gasteiger partial charge is 0.223 e. The Hall–Kier alpha value is -1.25. The number of nitrogens with zero attached hydrogens (tertiary/aromatic N) is 1. The number of amides is 1. The summed E-state index contributed by atoms with van der Waals surface area (Å²) < 4.78 is 2.19. The average molecular weight is 250 g/mol. The first kappa shape index (κ1) is 14.8. The van der Waals surface area contributed by atoms with Gasteiger partial charge in [-0.1, -0.05) is 13.8 Å². The van der Waals surface area contributed by atoms with Gasteiger partial charge in [0.15, 0.2) is 0 Å². The molecule has 102 valence electrons. The normalized spacial score (nSPS) is 11.0. The van der Waals surface area contributed by atoms with E-state index in [1.807, 2.05) is 0 Å². The zero-order valence-corrected chi connectivity index (χ0v) is 12.3. The summed E-state index contributed by atoms with van der Waals surface area (Å²) >= 11 is 0. The van der Waals surface area contributed by atoms with Crippen molar-refractivity contribution in [1.82, 2.24) is 9.88 Å². The molecule has 3 heteroatoms. The molecule has 18 heavy (non-hydrogen) atoms. The molecule has 0 aliphatic carbocycles. The molecule has 1 N–H and O–H groups in total. The third-order valence-electron chi connectivity index (χ3n) is 3.93. The van der Waals surface area contributed by atoms with Gasteiger partial charge in [-0.3, -0.25) is 4.79 Å². The highest BCUT2D eigenvalue weighted by atomic mass is 16.1. The number of aromatic nitrogens is 1. The third kappa shape index (κ3) is 3.37. The van der Waals surface area contributed by atoms with Crippen molar-refractivity contribution in [2.75, 3.05) is 6.54 Å². The fraction of sp³-hybridized carbons (Fsp3) is 0.667. The van der Waals surface area contributed by atoms with E-state index in [0.29, 0.717) is 0 Å². The van der Waals surface area contributed by atoms with Crippen molar-refractivity contribution >= 4 is 5.91 Å². The Bertz CT molecular complexity index is 403.